The first-order valence-corrected chi connectivity index (χ1v) is 9.24. The van der Waals surface area contributed by atoms with E-state index >= 15 is 0 Å². The lowest BCUT2D eigenvalue weighted by molar-refractivity contribution is -0.118. The largest absolute Gasteiger partial charge is 0.483 e. The highest BCUT2D eigenvalue weighted by molar-refractivity contribution is 5.99. The zero-order chi connectivity index (χ0) is 20.7. The quantitative estimate of drug-likeness (QED) is 0.668. The van der Waals surface area contributed by atoms with Gasteiger partial charge in [0.25, 0.3) is 5.91 Å². The number of aryl methyl sites for hydroxylation is 2. The molecule has 2 rings (SSSR count). The highest BCUT2D eigenvalue weighted by atomic mass is 16.5. The molecule has 0 saturated heterocycles. The summed E-state index contributed by atoms with van der Waals surface area (Å²) in [5.74, 6) is -0.341. The number of Topliss-reactive ketones (excluding diaryl/α,β-unsaturated/α-hetero) is 1. The van der Waals surface area contributed by atoms with E-state index in [0.717, 1.165) is 17.5 Å². The van der Waals surface area contributed by atoms with Gasteiger partial charge in [-0.25, -0.2) is 0 Å². The van der Waals surface area contributed by atoms with E-state index in [1.54, 1.807) is 18.2 Å². The van der Waals surface area contributed by atoms with Gasteiger partial charge in [-0.2, -0.15) is 0 Å². The minimum absolute atomic E-state index is 0.113. The van der Waals surface area contributed by atoms with Crippen molar-refractivity contribution in [3.63, 3.8) is 0 Å². The molecule has 0 aromatic heterocycles. The molecule has 6 nitrogen and oxygen atoms in total. The van der Waals surface area contributed by atoms with E-state index in [4.69, 9.17) is 4.74 Å². The van der Waals surface area contributed by atoms with Crippen molar-refractivity contribution in [3.8, 4) is 5.75 Å². The van der Waals surface area contributed by atoms with Gasteiger partial charge in [-0.05, 0) is 68.7 Å². The summed E-state index contributed by atoms with van der Waals surface area (Å²) in [6.45, 7) is 7.02. The summed E-state index contributed by atoms with van der Waals surface area (Å²) in [5, 5.41) is 5.54. The molecule has 0 unspecified atom stereocenters. The van der Waals surface area contributed by atoms with Gasteiger partial charge in [0.15, 0.2) is 12.4 Å². The van der Waals surface area contributed by atoms with E-state index in [-0.39, 0.29) is 24.2 Å². The van der Waals surface area contributed by atoms with E-state index < -0.39 is 0 Å². The minimum atomic E-state index is -0.320. The second-order valence-electron chi connectivity index (χ2n) is 6.78. The normalized spacial score (nSPS) is 10.3. The molecule has 28 heavy (non-hydrogen) atoms. The van der Waals surface area contributed by atoms with Crippen molar-refractivity contribution in [1.29, 1.82) is 0 Å². The van der Waals surface area contributed by atoms with Gasteiger partial charge in [0, 0.05) is 17.8 Å². The molecule has 0 bridgehead atoms. The highest BCUT2D eigenvalue weighted by Crippen LogP contribution is 2.24. The van der Waals surface area contributed by atoms with Crippen LogP contribution in [0.15, 0.2) is 36.4 Å². The Morgan fingerprint density at radius 1 is 0.893 bits per heavy atom. The maximum absolute atomic E-state index is 12.2. The first-order chi connectivity index (χ1) is 13.3. The maximum atomic E-state index is 12.2. The fraction of sp³-hybridized carbons (Fsp3) is 0.318. The molecule has 0 atom stereocenters. The lowest BCUT2D eigenvalue weighted by Crippen LogP contribution is -2.21. The fourth-order valence-corrected chi connectivity index (χ4v) is 2.85. The lowest BCUT2D eigenvalue weighted by atomic mass is 10.1. The van der Waals surface area contributed by atoms with Gasteiger partial charge >= 0.3 is 0 Å². The number of carbonyl (C=O) groups excluding carboxylic acids is 3. The van der Waals surface area contributed by atoms with Gasteiger partial charge < -0.3 is 15.4 Å². The summed E-state index contributed by atoms with van der Waals surface area (Å²) in [4.78, 5) is 35.9. The summed E-state index contributed by atoms with van der Waals surface area (Å²) in [5.41, 5.74) is 3.64. The zero-order valence-corrected chi connectivity index (χ0v) is 16.7. The smallest absolute Gasteiger partial charge is 0.262 e. The molecule has 0 aliphatic heterocycles. The fourth-order valence-electron chi connectivity index (χ4n) is 2.85. The van der Waals surface area contributed by atoms with Gasteiger partial charge in [0.1, 0.15) is 5.75 Å². The topological polar surface area (TPSA) is 84.5 Å². The summed E-state index contributed by atoms with van der Waals surface area (Å²) in [7, 11) is 0. The Bertz CT molecular complexity index is 870. The Morgan fingerprint density at radius 3 is 2.14 bits per heavy atom. The number of rotatable bonds is 8. The molecular weight excluding hydrogens is 356 g/mol. The highest BCUT2D eigenvalue weighted by Gasteiger charge is 2.13. The van der Waals surface area contributed by atoms with Crippen molar-refractivity contribution in [1.82, 2.24) is 0 Å². The second kappa shape index (κ2) is 9.69. The van der Waals surface area contributed by atoms with Crippen LogP contribution >= 0.6 is 0 Å². The number of carbonyl (C=O) groups is 3. The molecule has 2 N–H and O–H groups in total. The summed E-state index contributed by atoms with van der Waals surface area (Å²) < 4.78 is 5.55. The Morgan fingerprint density at radius 2 is 1.54 bits per heavy atom. The lowest BCUT2D eigenvalue weighted by Gasteiger charge is -2.13. The van der Waals surface area contributed by atoms with E-state index in [2.05, 4.69) is 10.6 Å². The van der Waals surface area contributed by atoms with Crippen LogP contribution in [0.25, 0.3) is 0 Å². The third-order valence-corrected chi connectivity index (χ3v) is 3.98. The molecule has 0 aliphatic carbocycles. The van der Waals surface area contributed by atoms with Gasteiger partial charge in [0.05, 0.1) is 5.56 Å². The Hall–Kier alpha value is -3.15. The molecule has 0 aliphatic rings. The number of nitrogens with one attached hydrogen (secondary N) is 2. The van der Waals surface area contributed by atoms with E-state index in [0.29, 0.717) is 29.1 Å². The number of benzene rings is 2. The number of anilines is 2. The molecule has 0 radical (unpaired) electrons. The van der Waals surface area contributed by atoms with Crippen LogP contribution in [0.3, 0.4) is 0 Å². The van der Waals surface area contributed by atoms with E-state index in [9.17, 15) is 14.4 Å². The molecule has 148 valence electrons. The summed E-state index contributed by atoms with van der Waals surface area (Å²) in [6.07, 6.45) is 1.15. The molecule has 2 aromatic rings. The van der Waals surface area contributed by atoms with Crippen LogP contribution in [0.5, 0.6) is 5.75 Å². The van der Waals surface area contributed by atoms with Gasteiger partial charge in [-0.1, -0.05) is 13.0 Å². The van der Waals surface area contributed by atoms with Crippen LogP contribution in [0.2, 0.25) is 0 Å². The van der Waals surface area contributed by atoms with Crippen molar-refractivity contribution in [2.24, 2.45) is 0 Å². The van der Waals surface area contributed by atoms with Crippen molar-refractivity contribution < 1.29 is 19.1 Å². The molecule has 2 amide bonds. The van der Waals surface area contributed by atoms with Crippen LogP contribution in [-0.4, -0.2) is 24.2 Å². The predicted octanol–water partition coefficient (Wildman–Crippen LogP) is 4.26. The summed E-state index contributed by atoms with van der Waals surface area (Å²) in [6, 6.07) is 10.6. The standard InChI is InChI=1S/C22H26N2O4/c1-5-6-21(26)23-17-7-8-20(19(12-17)16(4)25)28-13-22(27)24-18-10-14(2)9-15(3)11-18/h7-12H,5-6,13H2,1-4H3,(H,23,26)(H,24,27). The molecule has 0 saturated carbocycles. The van der Waals surface area contributed by atoms with Crippen molar-refractivity contribution in [2.45, 2.75) is 40.5 Å². The van der Waals surface area contributed by atoms with Crippen LogP contribution < -0.4 is 15.4 Å². The Labute approximate surface area is 165 Å². The van der Waals surface area contributed by atoms with Crippen molar-refractivity contribution in [3.05, 3.63) is 53.1 Å². The number of ketones is 1. The number of amides is 2. The SMILES string of the molecule is CCCC(=O)Nc1ccc(OCC(=O)Nc2cc(C)cc(C)c2)c(C(C)=O)c1. The van der Waals surface area contributed by atoms with Crippen molar-refractivity contribution in [2.75, 3.05) is 17.2 Å². The van der Waals surface area contributed by atoms with E-state index in [1.807, 2.05) is 39.0 Å². The first-order valence-electron chi connectivity index (χ1n) is 9.24. The molecule has 2 aromatic carbocycles. The second-order valence-corrected chi connectivity index (χ2v) is 6.78. The zero-order valence-electron chi connectivity index (χ0n) is 16.7. The average Bonchev–Trinajstić information content (AvgIpc) is 2.59. The van der Waals surface area contributed by atoms with Crippen molar-refractivity contribution >= 4 is 29.0 Å². The van der Waals surface area contributed by atoms with Crippen LogP contribution in [0, 0.1) is 13.8 Å². The third kappa shape index (κ3) is 6.23. The maximum Gasteiger partial charge on any atom is 0.262 e. The van der Waals surface area contributed by atoms with Crippen LogP contribution in [0.1, 0.15) is 48.2 Å². The molecule has 0 spiro atoms. The van der Waals surface area contributed by atoms with Gasteiger partial charge in [-0.15, -0.1) is 0 Å². The van der Waals surface area contributed by atoms with Gasteiger partial charge in [-0.3, -0.25) is 14.4 Å². The van der Waals surface area contributed by atoms with Gasteiger partial charge in [0.2, 0.25) is 5.91 Å². The molecule has 0 fully saturated rings. The number of hydrogen-bond acceptors (Lipinski definition) is 4. The first kappa shape index (κ1) is 21.2. The molecular formula is C22H26N2O4. The molecule has 6 heteroatoms. The molecule has 0 heterocycles. The van der Waals surface area contributed by atoms with Crippen LogP contribution in [-0.2, 0) is 9.59 Å². The predicted molar refractivity (Wildman–Crippen MR) is 110 cm³/mol. The number of ether oxygens (including phenoxy) is 1. The summed E-state index contributed by atoms with van der Waals surface area (Å²) >= 11 is 0. The number of hydrogen-bond donors (Lipinski definition) is 2. The Kier molecular flexibility index (Phi) is 7.32. The van der Waals surface area contributed by atoms with E-state index in [1.165, 1.54) is 6.92 Å². The third-order valence-electron chi connectivity index (χ3n) is 3.98. The average molecular weight is 382 g/mol. The monoisotopic (exact) mass is 382 g/mol. The van der Waals surface area contributed by atoms with Crippen LogP contribution in [0.4, 0.5) is 11.4 Å². The minimum Gasteiger partial charge on any atom is -0.483 e. The Balaban J connectivity index is 2.05.